The molecule has 0 saturated carbocycles. The highest BCUT2D eigenvalue weighted by Gasteiger charge is 2.09. The standard InChI is InChI=1S/C16H18N2O3/c1-11-5-6-12(2)13(10-11)18-15(19)7-8-17-16(20)14-4-3-9-21-14/h3-6,9-10H,7-8H2,1-2H3,(H,17,20)(H,18,19). The largest absolute Gasteiger partial charge is 0.459 e. The number of carbonyl (C=O) groups excluding carboxylic acids is 2. The number of furan rings is 1. The van der Waals surface area contributed by atoms with Crippen molar-refractivity contribution in [1.82, 2.24) is 5.32 Å². The maximum atomic E-state index is 11.9. The van der Waals surface area contributed by atoms with Crippen LogP contribution < -0.4 is 10.6 Å². The molecule has 0 fully saturated rings. The van der Waals surface area contributed by atoms with Gasteiger partial charge in [-0.15, -0.1) is 0 Å². The zero-order valence-electron chi connectivity index (χ0n) is 12.1. The summed E-state index contributed by atoms with van der Waals surface area (Å²) in [6.07, 6.45) is 1.64. The Labute approximate surface area is 123 Å². The second-order valence-corrected chi connectivity index (χ2v) is 4.85. The first-order valence-corrected chi connectivity index (χ1v) is 6.75. The lowest BCUT2D eigenvalue weighted by atomic mass is 10.1. The van der Waals surface area contributed by atoms with Crippen molar-refractivity contribution in [2.24, 2.45) is 0 Å². The van der Waals surface area contributed by atoms with Crippen molar-refractivity contribution in [3.05, 3.63) is 53.5 Å². The fourth-order valence-corrected chi connectivity index (χ4v) is 1.87. The monoisotopic (exact) mass is 286 g/mol. The van der Waals surface area contributed by atoms with Crippen LogP contribution in [-0.2, 0) is 4.79 Å². The maximum Gasteiger partial charge on any atom is 0.286 e. The molecule has 0 atom stereocenters. The van der Waals surface area contributed by atoms with Crippen LogP contribution >= 0.6 is 0 Å². The summed E-state index contributed by atoms with van der Waals surface area (Å²) in [5.74, 6) is -0.215. The first kappa shape index (κ1) is 14.8. The van der Waals surface area contributed by atoms with Gasteiger partial charge in [-0.3, -0.25) is 9.59 Å². The Balaban J connectivity index is 1.80. The number of amides is 2. The highest BCUT2D eigenvalue weighted by molar-refractivity contribution is 5.93. The molecule has 21 heavy (non-hydrogen) atoms. The van der Waals surface area contributed by atoms with Crippen LogP contribution in [0.15, 0.2) is 41.0 Å². The van der Waals surface area contributed by atoms with E-state index >= 15 is 0 Å². The number of benzene rings is 1. The van der Waals surface area contributed by atoms with Crippen LogP contribution in [0.1, 0.15) is 28.1 Å². The van der Waals surface area contributed by atoms with E-state index in [0.717, 1.165) is 16.8 Å². The Morgan fingerprint density at radius 2 is 2.00 bits per heavy atom. The van der Waals surface area contributed by atoms with Gasteiger partial charge in [0.25, 0.3) is 5.91 Å². The number of anilines is 1. The molecular weight excluding hydrogens is 268 g/mol. The van der Waals surface area contributed by atoms with Crippen LogP contribution in [0.5, 0.6) is 0 Å². The van der Waals surface area contributed by atoms with Crippen LogP contribution in [0.2, 0.25) is 0 Å². The SMILES string of the molecule is Cc1ccc(C)c(NC(=O)CCNC(=O)c2ccco2)c1. The van der Waals surface area contributed by atoms with Crippen LogP contribution in [0, 0.1) is 13.8 Å². The van der Waals surface area contributed by atoms with E-state index in [1.807, 2.05) is 32.0 Å². The van der Waals surface area contributed by atoms with Crippen molar-refractivity contribution in [2.45, 2.75) is 20.3 Å². The van der Waals surface area contributed by atoms with E-state index in [4.69, 9.17) is 4.42 Å². The van der Waals surface area contributed by atoms with Crippen molar-refractivity contribution in [2.75, 3.05) is 11.9 Å². The molecule has 2 N–H and O–H groups in total. The van der Waals surface area contributed by atoms with Gasteiger partial charge in [-0.2, -0.15) is 0 Å². The van der Waals surface area contributed by atoms with E-state index in [-0.39, 0.29) is 30.5 Å². The summed E-state index contributed by atoms with van der Waals surface area (Å²) in [5, 5.41) is 5.48. The summed E-state index contributed by atoms with van der Waals surface area (Å²) < 4.78 is 4.96. The lowest BCUT2D eigenvalue weighted by Gasteiger charge is -2.09. The molecule has 0 aliphatic heterocycles. The summed E-state index contributed by atoms with van der Waals surface area (Å²) in [6, 6.07) is 9.10. The number of hydrogen-bond donors (Lipinski definition) is 2. The molecule has 0 aliphatic carbocycles. The average Bonchev–Trinajstić information content (AvgIpc) is 2.97. The van der Waals surface area contributed by atoms with E-state index in [1.165, 1.54) is 6.26 Å². The number of carbonyl (C=O) groups is 2. The van der Waals surface area contributed by atoms with E-state index in [2.05, 4.69) is 10.6 Å². The maximum absolute atomic E-state index is 11.9. The fraction of sp³-hybridized carbons (Fsp3) is 0.250. The van der Waals surface area contributed by atoms with Crippen LogP contribution in [0.4, 0.5) is 5.69 Å². The van der Waals surface area contributed by atoms with E-state index in [0.29, 0.717) is 0 Å². The molecule has 5 nitrogen and oxygen atoms in total. The zero-order chi connectivity index (χ0) is 15.2. The topological polar surface area (TPSA) is 71.3 Å². The molecule has 0 bridgehead atoms. The van der Waals surface area contributed by atoms with Gasteiger partial charge in [0, 0.05) is 18.7 Å². The van der Waals surface area contributed by atoms with Gasteiger partial charge in [-0.1, -0.05) is 12.1 Å². The van der Waals surface area contributed by atoms with Gasteiger partial charge in [0.1, 0.15) is 0 Å². The van der Waals surface area contributed by atoms with Crippen molar-refractivity contribution in [3.63, 3.8) is 0 Å². The van der Waals surface area contributed by atoms with Crippen molar-refractivity contribution in [1.29, 1.82) is 0 Å². The Bertz CT molecular complexity index is 633. The normalized spacial score (nSPS) is 10.2. The van der Waals surface area contributed by atoms with Gasteiger partial charge in [0.05, 0.1) is 6.26 Å². The van der Waals surface area contributed by atoms with Gasteiger partial charge < -0.3 is 15.1 Å². The van der Waals surface area contributed by atoms with Gasteiger partial charge in [-0.05, 0) is 43.2 Å². The molecule has 2 aromatic rings. The number of hydrogen-bond acceptors (Lipinski definition) is 3. The summed E-state index contributed by atoms with van der Waals surface area (Å²) in [6.45, 7) is 4.17. The molecule has 110 valence electrons. The molecule has 5 heteroatoms. The highest BCUT2D eigenvalue weighted by atomic mass is 16.3. The summed E-state index contributed by atoms with van der Waals surface area (Å²) in [7, 11) is 0. The number of nitrogens with one attached hydrogen (secondary N) is 2. The van der Waals surface area contributed by atoms with Gasteiger partial charge >= 0.3 is 0 Å². The minimum Gasteiger partial charge on any atom is -0.459 e. The van der Waals surface area contributed by atoms with Crippen molar-refractivity contribution >= 4 is 17.5 Å². The number of rotatable bonds is 5. The Morgan fingerprint density at radius 3 is 2.71 bits per heavy atom. The molecule has 2 rings (SSSR count). The molecule has 0 saturated heterocycles. The van der Waals surface area contributed by atoms with Gasteiger partial charge in [-0.25, -0.2) is 0 Å². The van der Waals surface area contributed by atoms with E-state index < -0.39 is 0 Å². The first-order valence-electron chi connectivity index (χ1n) is 6.75. The minimum atomic E-state index is -0.320. The molecule has 0 spiro atoms. The Kier molecular flexibility index (Phi) is 4.77. The molecule has 0 radical (unpaired) electrons. The van der Waals surface area contributed by atoms with Crippen LogP contribution in [0.25, 0.3) is 0 Å². The third-order valence-electron chi connectivity index (χ3n) is 3.05. The highest BCUT2D eigenvalue weighted by Crippen LogP contribution is 2.16. The minimum absolute atomic E-state index is 0.136. The molecule has 2 amide bonds. The molecule has 0 aliphatic rings. The second kappa shape index (κ2) is 6.74. The summed E-state index contributed by atoms with van der Waals surface area (Å²) >= 11 is 0. The van der Waals surface area contributed by atoms with Gasteiger partial charge in [0.15, 0.2) is 5.76 Å². The molecule has 1 aromatic heterocycles. The quantitative estimate of drug-likeness (QED) is 0.887. The molecule has 0 unspecified atom stereocenters. The molecule has 1 heterocycles. The predicted molar refractivity (Wildman–Crippen MR) is 80.2 cm³/mol. The van der Waals surface area contributed by atoms with Crippen LogP contribution in [-0.4, -0.2) is 18.4 Å². The fourth-order valence-electron chi connectivity index (χ4n) is 1.87. The van der Waals surface area contributed by atoms with E-state index in [1.54, 1.807) is 12.1 Å². The average molecular weight is 286 g/mol. The lowest BCUT2D eigenvalue weighted by Crippen LogP contribution is -2.27. The number of aryl methyl sites for hydroxylation is 2. The lowest BCUT2D eigenvalue weighted by molar-refractivity contribution is -0.116. The van der Waals surface area contributed by atoms with Crippen molar-refractivity contribution in [3.8, 4) is 0 Å². The second-order valence-electron chi connectivity index (χ2n) is 4.85. The third kappa shape index (κ3) is 4.21. The first-order chi connectivity index (χ1) is 10.1. The molecule has 1 aromatic carbocycles. The Morgan fingerprint density at radius 1 is 1.19 bits per heavy atom. The zero-order valence-corrected chi connectivity index (χ0v) is 12.1. The smallest absolute Gasteiger partial charge is 0.286 e. The molecular formula is C16H18N2O3. The van der Waals surface area contributed by atoms with E-state index in [9.17, 15) is 9.59 Å². The van der Waals surface area contributed by atoms with Crippen LogP contribution in [0.3, 0.4) is 0 Å². The predicted octanol–water partition coefficient (Wildman–Crippen LogP) is 2.66. The Hall–Kier alpha value is -2.56. The summed E-state index contributed by atoms with van der Waals surface area (Å²) in [4.78, 5) is 23.5. The third-order valence-corrected chi connectivity index (χ3v) is 3.05. The van der Waals surface area contributed by atoms with Gasteiger partial charge in [0.2, 0.25) is 5.91 Å². The summed E-state index contributed by atoms with van der Waals surface area (Å²) in [5.41, 5.74) is 2.90. The van der Waals surface area contributed by atoms with Crippen molar-refractivity contribution < 1.29 is 14.0 Å².